The Morgan fingerprint density at radius 3 is 2.42 bits per heavy atom. The lowest BCUT2D eigenvalue weighted by molar-refractivity contribution is -0.910. The minimum atomic E-state index is -0.0162. The number of hydrogen-bond acceptors (Lipinski definition) is 3. The van der Waals surface area contributed by atoms with Crippen molar-refractivity contribution < 1.29 is 19.5 Å². The van der Waals surface area contributed by atoms with Crippen LogP contribution in [0.25, 0.3) is 0 Å². The molecule has 1 aromatic heterocycles. The summed E-state index contributed by atoms with van der Waals surface area (Å²) in [5.74, 6) is 0.980. The zero-order chi connectivity index (χ0) is 25.4. The molecule has 1 atom stereocenters. The summed E-state index contributed by atoms with van der Waals surface area (Å²) in [6.07, 6.45) is 7.57. The van der Waals surface area contributed by atoms with Gasteiger partial charge in [0.05, 0.1) is 10.4 Å². The zero-order valence-corrected chi connectivity index (χ0v) is 23.1. The van der Waals surface area contributed by atoms with Gasteiger partial charge in [0.15, 0.2) is 0 Å². The smallest absolute Gasteiger partial charge is 0.245 e. The molecule has 6 nitrogen and oxygen atoms in total. The van der Waals surface area contributed by atoms with Crippen LogP contribution in [0.2, 0.25) is 5.02 Å². The average molecular weight is 576 g/mol. The number of aromatic nitrogens is 1. The number of rotatable bonds is 3. The first-order chi connectivity index (χ1) is 17.3. The van der Waals surface area contributed by atoms with Crippen molar-refractivity contribution in [1.82, 2.24) is 9.80 Å². The van der Waals surface area contributed by atoms with Crippen molar-refractivity contribution in [3.63, 3.8) is 0 Å². The third-order valence-corrected chi connectivity index (χ3v) is 9.20. The number of benzene rings is 1. The van der Waals surface area contributed by atoms with Crippen LogP contribution in [0.15, 0.2) is 34.9 Å². The molecule has 0 radical (unpaired) electrons. The molecule has 3 aliphatic rings. The number of carbonyl (C=O) groups excluding carboxylic acids is 2. The molecule has 1 N–H and O–H groups in total. The number of carbonyl (C=O) groups is 2. The first-order valence-corrected chi connectivity index (χ1v) is 14.2. The first kappa shape index (κ1) is 25.5. The Bertz CT molecular complexity index is 1160. The van der Waals surface area contributed by atoms with Gasteiger partial charge in [-0.25, -0.2) is 0 Å². The summed E-state index contributed by atoms with van der Waals surface area (Å²) >= 11 is 10.3. The van der Waals surface area contributed by atoms with E-state index in [1.807, 2.05) is 21.9 Å². The first-order valence-electron chi connectivity index (χ1n) is 13.1. The third kappa shape index (κ3) is 5.14. The van der Waals surface area contributed by atoms with Crippen molar-refractivity contribution in [1.29, 1.82) is 0 Å². The molecular formula is C28H34BrClN3O3+. The summed E-state index contributed by atoms with van der Waals surface area (Å²) < 4.78 is 2.14. The van der Waals surface area contributed by atoms with Gasteiger partial charge in [-0.05, 0) is 89.6 Å². The lowest BCUT2D eigenvalue weighted by Gasteiger charge is -2.37. The maximum absolute atomic E-state index is 13.1. The van der Waals surface area contributed by atoms with E-state index in [4.69, 9.17) is 11.6 Å². The quantitative estimate of drug-likeness (QED) is 0.425. The Kier molecular flexibility index (Phi) is 7.59. The monoisotopic (exact) mass is 574 g/mol. The van der Waals surface area contributed by atoms with Crippen molar-refractivity contribution in [2.75, 3.05) is 26.2 Å². The van der Waals surface area contributed by atoms with Crippen LogP contribution >= 0.6 is 27.5 Å². The summed E-state index contributed by atoms with van der Waals surface area (Å²) in [7, 11) is 0. The minimum absolute atomic E-state index is 0.0162. The minimum Gasteiger partial charge on any atom is -0.343 e. The molecule has 8 heteroatoms. The molecule has 0 bridgehead atoms. The highest BCUT2D eigenvalue weighted by atomic mass is 79.9. The number of likely N-dealkylation sites (tertiary alicyclic amines) is 2. The maximum atomic E-state index is 13.1. The Morgan fingerprint density at radius 2 is 1.72 bits per heavy atom. The molecule has 192 valence electrons. The summed E-state index contributed by atoms with van der Waals surface area (Å²) in [5, 5.41) is 11.8. The predicted molar refractivity (Wildman–Crippen MR) is 141 cm³/mol. The molecule has 0 unspecified atom stereocenters. The number of pyridine rings is 1. The van der Waals surface area contributed by atoms with E-state index in [2.05, 4.69) is 28.1 Å². The lowest BCUT2D eigenvalue weighted by Crippen LogP contribution is -2.44. The van der Waals surface area contributed by atoms with Gasteiger partial charge >= 0.3 is 0 Å². The van der Waals surface area contributed by atoms with E-state index in [0.29, 0.717) is 12.3 Å². The van der Waals surface area contributed by atoms with Crippen LogP contribution in [0.4, 0.5) is 0 Å². The molecule has 0 spiro atoms. The van der Waals surface area contributed by atoms with E-state index >= 15 is 0 Å². The molecule has 0 saturated carbocycles. The van der Waals surface area contributed by atoms with Crippen molar-refractivity contribution in [2.24, 2.45) is 11.8 Å². The second-order valence-electron chi connectivity index (χ2n) is 10.6. The van der Waals surface area contributed by atoms with E-state index in [0.717, 1.165) is 91.0 Å². The Hall–Kier alpha value is -2.12. The van der Waals surface area contributed by atoms with Gasteiger partial charge in [0, 0.05) is 54.8 Å². The van der Waals surface area contributed by atoms with Crippen molar-refractivity contribution >= 4 is 39.3 Å². The number of amides is 2. The Balaban J connectivity index is 1.32. The lowest BCUT2D eigenvalue weighted by atomic mass is 9.76. The summed E-state index contributed by atoms with van der Waals surface area (Å²) in [4.78, 5) is 28.6. The van der Waals surface area contributed by atoms with Crippen LogP contribution in [0, 0.1) is 11.8 Å². The largest absolute Gasteiger partial charge is 0.343 e. The SMILES string of the molecule is CC(=O)N1CCC(CC(=O)N2CCC([C@@H]3c4c(Cl)cccc4CCc4cc(Br)c[n+](O)c43)CC2)CC1. The fourth-order valence-corrected chi connectivity index (χ4v) is 7.26. The van der Waals surface area contributed by atoms with E-state index < -0.39 is 0 Å². The van der Waals surface area contributed by atoms with Crippen LogP contribution in [-0.4, -0.2) is 53.0 Å². The van der Waals surface area contributed by atoms with Gasteiger partial charge in [0.25, 0.3) is 0 Å². The van der Waals surface area contributed by atoms with Crippen molar-refractivity contribution in [2.45, 2.75) is 57.8 Å². The van der Waals surface area contributed by atoms with Gasteiger partial charge in [0.2, 0.25) is 23.7 Å². The highest BCUT2D eigenvalue weighted by molar-refractivity contribution is 9.10. The van der Waals surface area contributed by atoms with Gasteiger partial charge in [-0.3, -0.25) is 14.8 Å². The van der Waals surface area contributed by atoms with Gasteiger partial charge in [-0.2, -0.15) is 0 Å². The van der Waals surface area contributed by atoms with Gasteiger partial charge < -0.3 is 9.80 Å². The van der Waals surface area contributed by atoms with Gasteiger partial charge in [-0.1, -0.05) is 23.7 Å². The second-order valence-corrected chi connectivity index (χ2v) is 11.9. The number of hydrogen-bond donors (Lipinski definition) is 1. The molecule has 2 fully saturated rings. The average Bonchev–Trinajstić information content (AvgIpc) is 3.02. The van der Waals surface area contributed by atoms with Crippen molar-refractivity contribution in [3.05, 3.63) is 62.3 Å². The van der Waals surface area contributed by atoms with Crippen LogP contribution in [0.1, 0.15) is 67.3 Å². The number of halogens is 2. The van der Waals surface area contributed by atoms with Gasteiger partial charge in [-0.15, -0.1) is 0 Å². The van der Waals surface area contributed by atoms with E-state index in [-0.39, 0.29) is 23.7 Å². The zero-order valence-electron chi connectivity index (χ0n) is 20.8. The third-order valence-electron chi connectivity index (χ3n) is 8.43. The highest BCUT2D eigenvalue weighted by Gasteiger charge is 2.41. The Morgan fingerprint density at radius 1 is 1.06 bits per heavy atom. The van der Waals surface area contributed by atoms with E-state index in [1.165, 1.54) is 10.3 Å². The van der Waals surface area contributed by atoms with E-state index in [9.17, 15) is 14.8 Å². The molecule has 2 amide bonds. The van der Waals surface area contributed by atoms with Crippen LogP contribution in [-0.2, 0) is 22.4 Å². The van der Waals surface area contributed by atoms with Crippen LogP contribution in [0.3, 0.4) is 0 Å². The predicted octanol–water partition coefficient (Wildman–Crippen LogP) is 4.75. The normalized spacial score (nSPS) is 21.0. The maximum Gasteiger partial charge on any atom is 0.245 e. The van der Waals surface area contributed by atoms with Crippen molar-refractivity contribution in [3.8, 4) is 0 Å². The van der Waals surface area contributed by atoms with Gasteiger partial charge in [0.1, 0.15) is 0 Å². The van der Waals surface area contributed by atoms with Crippen LogP contribution in [0.5, 0.6) is 0 Å². The Labute approximate surface area is 226 Å². The number of fused-ring (bicyclic) bond motifs is 2. The van der Waals surface area contributed by atoms with Crippen LogP contribution < -0.4 is 4.73 Å². The summed E-state index contributed by atoms with van der Waals surface area (Å²) in [6.45, 7) is 4.58. The molecule has 2 aromatic rings. The molecule has 2 saturated heterocycles. The number of aryl methyl sites for hydroxylation is 2. The topological polar surface area (TPSA) is 64.7 Å². The highest BCUT2D eigenvalue weighted by Crippen LogP contribution is 2.44. The fraction of sp³-hybridized carbons (Fsp3) is 0.536. The standard InChI is InChI=1S/C28H34BrClN3O3/c1-18(34)31-11-7-19(8-12-31)15-25(35)32-13-9-21(10-14-32)27-26-20(3-2-4-24(26)30)5-6-22-16-23(29)17-33(36)28(22)27/h2-4,16-17,19,21,27,36H,5-15H2,1H3/q+1/t27-/m1/s1. The number of nitrogens with zero attached hydrogens (tertiary/aromatic N) is 3. The molecule has 5 rings (SSSR count). The second kappa shape index (κ2) is 10.7. The fourth-order valence-electron chi connectivity index (χ4n) is 6.48. The molecule has 36 heavy (non-hydrogen) atoms. The summed E-state index contributed by atoms with van der Waals surface area (Å²) in [6, 6.07) is 8.24. The molecular weight excluding hydrogens is 542 g/mol. The number of piperidine rings is 2. The molecule has 1 aromatic carbocycles. The van der Waals surface area contributed by atoms with E-state index in [1.54, 1.807) is 13.1 Å². The molecule has 1 aliphatic carbocycles. The summed E-state index contributed by atoms with van der Waals surface area (Å²) in [5.41, 5.74) is 4.44. The molecule has 3 heterocycles. The molecule has 2 aliphatic heterocycles.